The van der Waals surface area contributed by atoms with Crippen molar-refractivity contribution in [2.75, 3.05) is 13.1 Å². The first-order chi connectivity index (χ1) is 6.09. The lowest BCUT2D eigenvalue weighted by Crippen LogP contribution is -2.44. The number of piperidine rings is 1. The Bertz CT molecular complexity index is 266. The van der Waals surface area contributed by atoms with Crippen LogP contribution in [-0.4, -0.2) is 41.0 Å². The summed E-state index contributed by atoms with van der Waals surface area (Å²) in [7, 11) is 0. The Morgan fingerprint density at radius 1 is 1.77 bits per heavy atom. The number of likely N-dealkylation sites (tertiary alicyclic amines) is 1. The summed E-state index contributed by atoms with van der Waals surface area (Å²) in [5, 5.41) is 8.54. The minimum Gasteiger partial charge on any atom is -0.480 e. The lowest BCUT2D eigenvalue weighted by molar-refractivity contribution is -0.139. The van der Waals surface area contributed by atoms with Crippen molar-refractivity contribution in [1.82, 2.24) is 4.90 Å². The van der Waals surface area contributed by atoms with E-state index in [1.165, 1.54) is 0 Å². The summed E-state index contributed by atoms with van der Waals surface area (Å²) >= 11 is 0. The van der Waals surface area contributed by atoms with Crippen LogP contribution in [0.4, 0.5) is 0 Å². The molecule has 0 aromatic rings. The van der Waals surface area contributed by atoms with Gasteiger partial charge in [-0.15, -0.1) is 0 Å². The molecular formula is C8H12N2O3. The Kier molecular flexibility index (Phi) is 1.76. The van der Waals surface area contributed by atoms with Crippen LogP contribution in [0.25, 0.3) is 0 Å². The molecule has 3 N–H and O–H groups in total. The van der Waals surface area contributed by atoms with Crippen molar-refractivity contribution in [3.05, 3.63) is 0 Å². The molecule has 0 spiro atoms. The fourth-order valence-electron chi connectivity index (χ4n) is 1.84. The fraction of sp³-hybridized carbons (Fsp3) is 0.750. The van der Waals surface area contributed by atoms with Crippen LogP contribution in [0.2, 0.25) is 0 Å². The van der Waals surface area contributed by atoms with Crippen molar-refractivity contribution in [2.24, 2.45) is 17.6 Å². The molecule has 2 fully saturated rings. The van der Waals surface area contributed by atoms with Crippen LogP contribution in [0, 0.1) is 11.8 Å². The van der Waals surface area contributed by atoms with Crippen molar-refractivity contribution < 1.29 is 14.7 Å². The van der Waals surface area contributed by atoms with E-state index < -0.39 is 12.0 Å². The van der Waals surface area contributed by atoms with Crippen molar-refractivity contribution in [2.45, 2.75) is 12.5 Å². The maximum Gasteiger partial charge on any atom is 0.322 e. The molecule has 5 heteroatoms. The van der Waals surface area contributed by atoms with Gasteiger partial charge in [0.15, 0.2) is 0 Å². The molecule has 0 radical (unpaired) electrons. The first-order valence-corrected chi connectivity index (χ1v) is 4.36. The minimum atomic E-state index is -1.05. The van der Waals surface area contributed by atoms with Gasteiger partial charge in [0.05, 0.1) is 0 Å². The Hall–Kier alpha value is -1.10. The van der Waals surface area contributed by atoms with Gasteiger partial charge in [0.25, 0.3) is 0 Å². The van der Waals surface area contributed by atoms with Gasteiger partial charge in [-0.05, 0) is 12.3 Å². The van der Waals surface area contributed by atoms with Gasteiger partial charge in [-0.1, -0.05) is 0 Å². The summed E-state index contributed by atoms with van der Waals surface area (Å²) in [5.74, 6) is -0.301. The van der Waals surface area contributed by atoms with E-state index in [0.29, 0.717) is 12.5 Å². The SMILES string of the molecule is NC(CN1CC2CC2C1=O)C(=O)O. The molecule has 2 aliphatic rings. The summed E-state index contributed by atoms with van der Waals surface area (Å²) < 4.78 is 0. The van der Waals surface area contributed by atoms with E-state index in [1.54, 1.807) is 4.90 Å². The number of nitrogens with zero attached hydrogens (tertiary/aromatic N) is 1. The van der Waals surface area contributed by atoms with Crippen molar-refractivity contribution in [1.29, 1.82) is 0 Å². The number of fused-ring (bicyclic) bond motifs is 1. The third kappa shape index (κ3) is 1.39. The average Bonchev–Trinajstić information content (AvgIpc) is 2.75. The highest BCUT2D eigenvalue weighted by molar-refractivity contribution is 5.85. The molecule has 3 unspecified atom stereocenters. The summed E-state index contributed by atoms with van der Waals surface area (Å²) in [6.07, 6.45) is 0.984. The van der Waals surface area contributed by atoms with E-state index in [9.17, 15) is 9.59 Å². The number of carboxylic acids is 1. The van der Waals surface area contributed by atoms with E-state index >= 15 is 0 Å². The highest BCUT2D eigenvalue weighted by Gasteiger charge is 2.52. The van der Waals surface area contributed by atoms with Gasteiger partial charge in [0.2, 0.25) is 5.91 Å². The van der Waals surface area contributed by atoms with Gasteiger partial charge in [-0.2, -0.15) is 0 Å². The number of aliphatic carboxylic acids is 1. The van der Waals surface area contributed by atoms with Crippen LogP contribution in [-0.2, 0) is 9.59 Å². The Morgan fingerprint density at radius 3 is 2.92 bits per heavy atom. The summed E-state index contributed by atoms with van der Waals surface area (Å²) in [5.41, 5.74) is 5.33. The van der Waals surface area contributed by atoms with Crippen LogP contribution in [0.5, 0.6) is 0 Å². The molecule has 2 rings (SSSR count). The lowest BCUT2D eigenvalue weighted by Gasteiger charge is -2.19. The molecule has 72 valence electrons. The number of rotatable bonds is 3. The predicted molar refractivity (Wildman–Crippen MR) is 43.8 cm³/mol. The largest absolute Gasteiger partial charge is 0.480 e. The quantitative estimate of drug-likeness (QED) is 0.581. The van der Waals surface area contributed by atoms with Gasteiger partial charge in [0, 0.05) is 19.0 Å². The zero-order chi connectivity index (χ0) is 9.59. The first kappa shape index (κ1) is 8.50. The molecule has 5 nitrogen and oxygen atoms in total. The Labute approximate surface area is 75.5 Å². The Morgan fingerprint density at radius 2 is 2.46 bits per heavy atom. The molecule has 0 bridgehead atoms. The second-order valence-corrected chi connectivity index (χ2v) is 3.79. The molecule has 1 aliphatic heterocycles. The third-order valence-electron chi connectivity index (χ3n) is 2.74. The molecule has 13 heavy (non-hydrogen) atoms. The summed E-state index contributed by atoms with van der Waals surface area (Å²) in [6, 6.07) is -0.943. The molecule has 1 aliphatic carbocycles. The molecule has 3 atom stereocenters. The van der Waals surface area contributed by atoms with Crippen molar-refractivity contribution in [3.8, 4) is 0 Å². The van der Waals surface area contributed by atoms with Gasteiger partial charge in [-0.25, -0.2) is 0 Å². The zero-order valence-electron chi connectivity index (χ0n) is 7.14. The number of amides is 1. The van der Waals surface area contributed by atoms with Gasteiger partial charge in [0.1, 0.15) is 6.04 Å². The number of carbonyl (C=O) groups is 2. The molecule has 1 heterocycles. The van der Waals surface area contributed by atoms with E-state index in [-0.39, 0.29) is 18.4 Å². The number of hydrogen-bond donors (Lipinski definition) is 2. The lowest BCUT2D eigenvalue weighted by atomic mass is 10.3. The standard InChI is InChI=1S/C8H12N2O3/c9-6(8(12)13)3-10-2-4-1-5(4)7(10)11/h4-6H,1-3,9H2,(H,12,13). The average molecular weight is 184 g/mol. The van der Waals surface area contributed by atoms with Crippen molar-refractivity contribution >= 4 is 11.9 Å². The van der Waals surface area contributed by atoms with Gasteiger partial charge in [-0.3, -0.25) is 9.59 Å². The number of carboxylic acid groups (broad SMARTS) is 1. The second kappa shape index (κ2) is 2.70. The second-order valence-electron chi connectivity index (χ2n) is 3.79. The highest BCUT2D eigenvalue weighted by Crippen LogP contribution is 2.45. The van der Waals surface area contributed by atoms with Crippen LogP contribution in [0.3, 0.4) is 0 Å². The van der Waals surface area contributed by atoms with Gasteiger partial charge >= 0.3 is 5.97 Å². The number of nitrogens with two attached hydrogens (primary N) is 1. The zero-order valence-corrected chi connectivity index (χ0v) is 7.14. The first-order valence-electron chi connectivity index (χ1n) is 4.36. The van der Waals surface area contributed by atoms with Crippen LogP contribution < -0.4 is 5.73 Å². The molecule has 0 aromatic heterocycles. The molecule has 0 aromatic carbocycles. The number of hydrogen-bond acceptors (Lipinski definition) is 3. The van der Waals surface area contributed by atoms with Crippen LogP contribution in [0.1, 0.15) is 6.42 Å². The predicted octanol–water partition coefficient (Wildman–Crippen LogP) is -1.12. The normalized spacial score (nSPS) is 33.0. The van der Waals surface area contributed by atoms with Crippen molar-refractivity contribution in [3.63, 3.8) is 0 Å². The maximum atomic E-state index is 11.4. The highest BCUT2D eigenvalue weighted by atomic mass is 16.4. The molecule has 1 amide bonds. The molecule has 1 saturated heterocycles. The maximum absolute atomic E-state index is 11.4. The smallest absolute Gasteiger partial charge is 0.322 e. The van der Waals surface area contributed by atoms with E-state index in [0.717, 1.165) is 6.42 Å². The summed E-state index contributed by atoms with van der Waals surface area (Å²) in [6.45, 7) is 0.853. The molecular weight excluding hydrogens is 172 g/mol. The van der Waals surface area contributed by atoms with E-state index in [1.807, 2.05) is 0 Å². The van der Waals surface area contributed by atoms with Crippen LogP contribution >= 0.6 is 0 Å². The minimum absolute atomic E-state index is 0.0849. The fourth-order valence-corrected chi connectivity index (χ4v) is 1.84. The third-order valence-corrected chi connectivity index (χ3v) is 2.74. The van der Waals surface area contributed by atoms with E-state index in [4.69, 9.17) is 10.8 Å². The summed E-state index contributed by atoms with van der Waals surface area (Å²) in [4.78, 5) is 23.4. The Balaban J connectivity index is 1.89. The van der Waals surface area contributed by atoms with E-state index in [2.05, 4.69) is 0 Å². The molecule has 1 saturated carbocycles. The van der Waals surface area contributed by atoms with Crippen LogP contribution in [0.15, 0.2) is 0 Å². The topological polar surface area (TPSA) is 83.6 Å². The van der Waals surface area contributed by atoms with Gasteiger partial charge < -0.3 is 15.7 Å². The number of carbonyl (C=O) groups excluding carboxylic acids is 1. The monoisotopic (exact) mass is 184 g/mol.